The molecule has 4 aromatic heterocycles. The summed E-state index contributed by atoms with van der Waals surface area (Å²) in [4.78, 5) is 20.4. The zero-order chi connectivity index (χ0) is 37.0. The van der Waals surface area contributed by atoms with Gasteiger partial charge in [-0.05, 0) is 40.5 Å². The fraction of sp³-hybridized carbons (Fsp3) is 0. The Labute approximate surface area is 321 Å². The molecule has 7 aromatic carbocycles. The van der Waals surface area contributed by atoms with Gasteiger partial charge in [0.2, 0.25) is 11.4 Å². The SMILES string of the molecule is c1ccc(-c2nc(-c3cccc(-c4ccccc4-c4ccccc4-c4nc(-c5ccccc5)nc5oc6ccccc6c45)c3)c3c(n2)oc2ccccc23)cc1. The number of nitrogens with zero attached hydrogens (tertiary/aromatic N) is 4. The van der Waals surface area contributed by atoms with Crippen molar-refractivity contribution in [1.29, 1.82) is 0 Å². The second-order valence-corrected chi connectivity index (χ2v) is 13.8. The molecule has 0 fully saturated rings. The Balaban J connectivity index is 1.11. The molecule has 0 saturated carbocycles. The van der Waals surface area contributed by atoms with Gasteiger partial charge in [0.15, 0.2) is 11.6 Å². The van der Waals surface area contributed by atoms with Crippen LogP contribution < -0.4 is 0 Å². The fourth-order valence-electron chi connectivity index (χ4n) is 7.81. The first-order chi connectivity index (χ1) is 27.8. The number of rotatable bonds is 6. The highest BCUT2D eigenvalue weighted by Crippen LogP contribution is 2.44. The molecular weight excluding hydrogens is 689 g/mol. The van der Waals surface area contributed by atoms with E-state index in [9.17, 15) is 0 Å². The van der Waals surface area contributed by atoms with Crippen molar-refractivity contribution < 1.29 is 8.83 Å². The van der Waals surface area contributed by atoms with Crippen LogP contribution in [0.1, 0.15) is 0 Å². The van der Waals surface area contributed by atoms with E-state index in [0.29, 0.717) is 23.1 Å². The lowest BCUT2D eigenvalue weighted by Crippen LogP contribution is -1.96. The lowest BCUT2D eigenvalue weighted by Gasteiger charge is -2.16. The third-order valence-electron chi connectivity index (χ3n) is 10.4. The maximum atomic E-state index is 6.39. The van der Waals surface area contributed by atoms with Gasteiger partial charge in [-0.25, -0.2) is 9.97 Å². The molecule has 6 heteroatoms. The van der Waals surface area contributed by atoms with Gasteiger partial charge in [-0.3, -0.25) is 0 Å². The van der Waals surface area contributed by atoms with E-state index in [1.807, 2.05) is 97.1 Å². The van der Waals surface area contributed by atoms with Gasteiger partial charge in [0, 0.05) is 33.0 Å². The lowest BCUT2D eigenvalue weighted by atomic mass is 9.89. The fourth-order valence-corrected chi connectivity index (χ4v) is 7.81. The first-order valence-corrected chi connectivity index (χ1v) is 18.6. The number of fused-ring (bicyclic) bond motifs is 6. The summed E-state index contributed by atoms with van der Waals surface area (Å²) in [5.74, 6) is 1.23. The summed E-state index contributed by atoms with van der Waals surface area (Å²) in [5.41, 5.74) is 12.4. The van der Waals surface area contributed by atoms with E-state index in [2.05, 4.69) is 84.9 Å². The zero-order valence-electron chi connectivity index (χ0n) is 29.9. The van der Waals surface area contributed by atoms with Crippen LogP contribution in [0.15, 0.2) is 191 Å². The van der Waals surface area contributed by atoms with Crippen molar-refractivity contribution >= 4 is 44.1 Å². The molecule has 11 aromatic rings. The molecule has 0 atom stereocenters. The molecule has 0 bridgehead atoms. The summed E-state index contributed by atoms with van der Waals surface area (Å²) >= 11 is 0. The normalized spacial score (nSPS) is 11.6. The molecule has 0 aliphatic rings. The van der Waals surface area contributed by atoms with Crippen molar-refractivity contribution in [2.24, 2.45) is 0 Å². The molecule has 4 heterocycles. The van der Waals surface area contributed by atoms with Crippen LogP contribution in [-0.2, 0) is 0 Å². The highest BCUT2D eigenvalue weighted by atomic mass is 16.3. The van der Waals surface area contributed by atoms with Crippen molar-refractivity contribution in [3.63, 3.8) is 0 Å². The molecule has 11 rings (SSSR count). The first-order valence-electron chi connectivity index (χ1n) is 18.6. The lowest BCUT2D eigenvalue weighted by molar-refractivity contribution is 0.653. The van der Waals surface area contributed by atoms with Crippen molar-refractivity contribution in [2.45, 2.75) is 0 Å². The molecule has 0 unspecified atom stereocenters. The second kappa shape index (κ2) is 13.0. The van der Waals surface area contributed by atoms with Crippen LogP contribution in [-0.4, -0.2) is 19.9 Å². The third-order valence-corrected chi connectivity index (χ3v) is 10.4. The van der Waals surface area contributed by atoms with Crippen molar-refractivity contribution in [1.82, 2.24) is 19.9 Å². The Morgan fingerprint density at radius 3 is 1.34 bits per heavy atom. The molecule has 0 saturated heterocycles. The number of benzene rings is 7. The maximum Gasteiger partial charge on any atom is 0.231 e. The van der Waals surface area contributed by atoms with Crippen molar-refractivity contribution in [2.75, 3.05) is 0 Å². The van der Waals surface area contributed by atoms with Gasteiger partial charge in [0.05, 0.1) is 22.2 Å². The summed E-state index contributed by atoms with van der Waals surface area (Å²) < 4.78 is 12.7. The Morgan fingerprint density at radius 1 is 0.304 bits per heavy atom. The van der Waals surface area contributed by atoms with Gasteiger partial charge < -0.3 is 8.83 Å². The van der Waals surface area contributed by atoms with Gasteiger partial charge in [-0.2, -0.15) is 9.97 Å². The highest BCUT2D eigenvalue weighted by molar-refractivity contribution is 6.13. The Hall–Kier alpha value is -7.70. The van der Waals surface area contributed by atoms with Crippen LogP contribution in [0, 0.1) is 0 Å². The Bertz CT molecular complexity index is 3260. The minimum atomic E-state index is 0.559. The maximum absolute atomic E-state index is 6.39. The molecule has 0 spiro atoms. The highest BCUT2D eigenvalue weighted by Gasteiger charge is 2.22. The molecule has 0 aliphatic heterocycles. The van der Waals surface area contributed by atoms with Crippen LogP contribution in [0.5, 0.6) is 0 Å². The molecular formula is C50H30N4O2. The van der Waals surface area contributed by atoms with Crippen LogP contribution >= 0.6 is 0 Å². The van der Waals surface area contributed by atoms with Crippen LogP contribution in [0.4, 0.5) is 0 Å². The molecule has 262 valence electrons. The molecule has 0 N–H and O–H groups in total. The van der Waals surface area contributed by atoms with E-state index < -0.39 is 0 Å². The zero-order valence-corrected chi connectivity index (χ0v) is 29.9. The molecule has 56 heavy (non-hydrogen) atoms. The predicted octanol–water partition coefficient (Wildman–Crippen LogP) is 13.1. The average molecular weight is 719 g/mol. The van der Waals surface area contributed by atoms with E-state index in [4.69, 9.17) is 28.8 Å². The monoisotopic (exact) mass is 718 g/mol. The van der Waals surface area contributed by atoms with Gasteiger partial charge in [0.25, 0.3) is 0 Å². The van der Waals surface area contributed by atoms with Crippen LogP contribution in [0.3, 0.4) is 0 Å². The van der Waals surface area contributed by atoms with Gasteiger partial charge >= 0.3 is 0 Å². The number of aromatic nitrogens is 4. The second-order valence-electron chi connectivity index (χ2n) is 13.8. The number of hydrogen-bond donors (Lipinski definition) is 0. The quantitative estimate of drug-likeness (QED) is 0.170. The predicted molar refractivity (Wildman–Crippen MR) is 225 cm³/mol. The first kappa shape index (κ1) is 31.8. The smallest absolute Gasteiger partial charge is 0.231 e. The van der Waals surface area contributed by atoms with E-state index >= 15 is 0 Å². The topological polar surface area (TPSA) is 77.8 Å². The summed E-state index contributed by atoms with van der Waals surface area (Å²) in [5, 5.41) is 3.74. The molecule has 0 amide bonds. The number of furan rings is 2. The van der Waals surface area contributed by atoms with Crippen LogP contribution in [0.2, 0.25) is 0 Å². The molecule has 0 radical (unpaired) electrons. The Kier molecular flexibility index (Phi) is 7.38. The van der Waals surface area contributed by atoms with Crippen molar-refractivity contribution in [3.05, 3.63) is 182 Å². The Morgan fingerprint density at radius 2 is 0.732 bits per heavy atom. The van der Waals surface area contributed by atoms with Crippen molar-refractivity contribution in [3.8, 4) is 67.5 Å². The summed E-state index contributed by atoms with van der Waals surface area (Å²) in [6, 6.07) is 61.9. The number of para-hydroxylation sites is 2. The van der Waals surface area contributed by atoms with E-state index in [0.717, 1.165) is 88.6 Å². The molecule has 0 aliphatic carbocycles. The minimum Gasteiger partial charge on any atom is -0.438 e. The minimum absolute atomic E-state index is 0.559. The van der Waals surface area contributed by atoms with Gasteiger partial charge in [-0.15, -0.1) is 0 Å². The largest absolute Gasteiger partial charge is 0.438 e. The molecule has 6 nitrogen and oxygen atoms in total. The summed E-state index contributed by atoms with van der Waals surface area (Å²) in [7, 11) is 0. The summed E-state index contributed by atoms with van der Waals surface area (Å²) in [6.07, 6.45) is 0. The van der Waals surface area contributed by atoms with E-state index in [-0.39, 0.29) is 0 Å². The summed E-state index contributed by atoms with van der Waals surface area (Å²) in [6.45, 7) is 0. The van der Waals surface area contributed by atoms with E-state index in [1.54, 1.807) is 0 Å². The van der Waals surface area contributed by atoms with Crippen LogP contribution in [0.25, 0.3) is 112 Å². The number of hydrogen-bond acceptors (Lipinski definition) is 6. The average Bonchev–Trinajstić information content (AvgIpc) is 3.85. The van der Waals surface area contributed by atoms with E-state index in [1.165, 1.54) is 0 Å². The van der Waals surface area contributed by atoms with Gasteiger partial charge in [-0.1, -0.05) is 164 Å². The van der Waals surface area contributed by atoms with Gasteiger partial charge in [0.1, 0.15) is 11.2 Å². The standard InChI is InChI=1S/C50H30N4O2/c1-3-16-31(17-4-1)47-51-45(43-39-26-11-13-28-41(39)55-49(43)53-47)34-21-15-20-33(30-34)35-22-7-8-23-36(35)37-24-9-10-25-38(37)46-44-40-27-12-14-29-42(40)56-50(44)54-48(52-46)32-18-5-2-6-19-32/h1-30H. The third kappa shape index (κ3) is 5.27.